The second kappa shape index (κ2) is 5.55. The van der Waals surface area contributed by atoms with Crippen molar-refractivity contribution in [2.45, 2.75) is 44.7 Å². The molecule has 1 aromatic rings. The van der Waals surface area contributed by atoms with Crippen LogP contribution in [-0.4, -0.2) is 6.04 Å². The van der Waals surface area contributed by atoms with E-state index in [2.05, 4.69) is 11.4 Å². The number of hydrogen-bond donors (Lipinski definition) is 2. The minimum atomic E-state index is 0.503. The van der Waals surface area contributed by atoms with E-state index < -0.39 is 0 Å². The van der Waals surface area contributed by atoms with Crippen molar-refractivity contribution in [1.29, 1.82) is 0 Å². The van der Waals surface area contributed by atoms with Crippen LogP contribution in [0, 0.1) is 0 Å². The largest absolute Gasteiger partial charge is 0.382 e. The second-order valence-electron chi connectivity index (χ2n) is 4.49. The first kappa shape index (κ1) is 11.7. The fourth-order valence-electron chi connectivity index (χ4n) is 2.29. The number of nitrogens with two attached hydrogens (primary N) is 1. The molecule has 1 fully saturated rings. The third-order valence-electron chi connectivity index (χ3n) is 3.25. The highest BCUT2D eigenvalue weighted by Gasteiger charge is 2.13. The molecule has 0 aliphatic heterocycles. The summed E-state index contributed by atoms with van der Waals surface area (Å²) >= 11 is 6.13. The van der Waals surface area contributed by atoms with E-state index in [-0.39, 0.29) is 0 Å². The van der Waals surface area contributed by atoms with E-state index in [0.717, 1.165) is 16.3 Å². The summed E-state index contributed by atoms with van der Waals surface area (Å²) in [5.74, 6) is 0. The number of nitrogens with one attached hydrogen (secondary N) is 1. The summed E-state index contributed by atoms with van der Waals surface area (Å²) in [6, 6.07) is 6.68. The predicted molar refractivity (Wildman–Crippen MR) is 69.8 cm³/mol. The lowest BCUT2D eigenvalue weighted by Gasteiger charge is -2.24. The lowest BCUT2D eigenvalue weighted by Crippen LogP contribution is -2.22. The van der Waals surface area contributed by atoms with Crippen molar-refractivity contribution in [2.75, 3.05) is 5.32 Å². The first-order valence-electron chi connectivity index (χ1n) is 6.04. The normalized spacial score (nSPS) is 17.4. The highest BCUT2D eigenvalue weighted by atomic mass is 35.5. The molecule has 1 aliphatic rings. The Hall–Kier alpha value is -0.730. The van der Waals surface area contributed by atoms with E-state index >= 15 is 0 Å². The number of rotatable bonds is 3. The van der Waals surface area contributed by atoms with Crippen LogP contribution in [0.25, 0.3) is 0 Å². The molecule has 1 aromatic carbocycles. The molecule has 88 valence electrons. The first-order valence-corrected chi connectivity index (χ1v) is 6.42. The highest BCUT2D eigenvalue weighted by Crippen LogP contribution is 2.25. The van der Waals surface area contributed by atoms with Gasteiger partial charge in [0, 0.05) is 23.3 Å². The van der Waals surface area contributed by atoms with E-state index in [9.17, 15) is 0 Å². The van der Waals surface area contributed by atoms with E-state index in [1.54, 1.807) is 0 Å². The maximum Gasteiger partial charge on any atom is 0.0471 e. The third kappa shape index (κ3) is 2.89. The van der Waals surface area contributed by atoms with Crippen molar-refractivity contribution in [3.63, 3.8) is 0 Å². The number of hydrogen-bond acceptors (Lipinski definition) is 2. The van der Waals surface area contributed by atoms with E-state index in [1.807, 2.05) is 12.1 Å². The summed E-state index contributed by atoms with van der Waals surface area (Å²) in [5, 5.41) is 4.31. The first-order chi connectivity index (χ1) is 7.79. The molecule has 1 saturated carbocycles. The maximum atomic E-state index is 6.13. The van der Waals surface area contributed by atoms with Crippen molar-refractivity contribution in [3.8, 4) is 0 Å². The summed E-state index contributed by atoms with van der Waals surface area (Å²) < 4.78 is 0. The van der Waals surface area contributed by atoms with Gasteiger partial charge in [0.05, 0.1) is 0 Å². The Morgan fingerprint density at radius 1 is 1.25 bits per heavy atom. The molecular weight excluding hydrogens is 220 g/mol. The quantitative estimate of drug-likeness (QED) is 0.845. The average Bonchev–Trinajstić information content (AvgIpc) is 2.31. The van der Waals surface area contributed by atoms with Crippen molar-refractivity contribution in [1.82, 2.24) is 0 Å². The van der Waals surface area contributed by atoms with Gasteiger partial charge < -0.3 is 11.1 Å². The number of halogens is 1. The van der Waals surface area contributed by atoms with Gasteiger partial charge in [0.1, 0.15) is 0 Å². The molecule has 1 aliphatic carbocycles. The third-order valence-corrected chi connectivity index (χ3v) is 3.60. The van der Waals surface area contributed by atoms with Gasteiger partial charge in [-0.15, -0.1) is 0 Å². The summed E-state index contributed by atoms with van der Waals surface area (Å²) in [4.78, 5) is 0. The molecule has 16 heavy (non-hydrogen) atoms. The van der Waals surface area contributed by atoms with E-state index in [4.69, 9.17) is 17.3 Å². The van der Waals surface area contributed by atoms with Gasteiger partial charge in [-0.25, -0.2) is 0 Å². The van der Waals surface area contributed by atoms with Gasteiger partial charge in [-0.2, -0.15) is 0 Å². The van der Waals surface area contributed by atoms with Crippen LogP contribution in [0.1, 0.15) is 37.7 Å². The van der Waals surface area contributed by atoms with Gasteiger partial charge in [-0.1, -0.05) is 36.9 Å². The zero-order chi connectivity index (χ0) is 11.4. The lowest BCUT2D eigenvalue weighted by atomic mass is 9.95. The molecule has 0 aromatic heterocycles. The van der Waals surface area contributed by atoms with Gasteiger partial charge in [0.15, 0.2) is 0 Å². The Kier molecular flexibility index (Phi) is 4.08. The molecule has 0 heterocycles. The second-order valence-corrected chi connectivity index (χ2v) is 4.90. The number of benzene rings is 1. The summed E-state index contributed by atoms with van der Waals surface area (Å²) in [7, 11) is 0. The van der Waals surface area contributed by atoms with Gasteiger partial charge in [0.2, 0.25) is 0 Å². The molecular formula is C13H19ClN2. The Bertz CT molecular complexity index is 346. The molecule has 0 unspecified atom stereocenters. The van der Waals surface area contributed by atoms with Gasteiger partial charge in [-0.05, 0) is 30.5 Å². The van der Waals surface area contributed by atoms with Crippen LogP contribution in [0.2, 0.25) is 5.02 Å². The minimum Gasteiger partial charge on any atom is -0.382 e. The SMILES string of the molecule is NCc1ccc(NC2CCCCC2)cc1Cl. The predicted octanol–water partition coefficient (Wildman–Crippen LogP) is 3.54. The summed E-state index contributed by atoms with van der Waals surface area (Å²) in [5.41, 5.74) is 7.71. The molecule has 0 amide bonds. The molecule has 2 nitrogen and oxygen atoms in total. The van der Waals surface area contributed by atoms with Crippen LogP contribution >= 0.6 is 11.6 Å². The fourth-order valence-corrected chi connectivity index (χ4v) is 2.54. The van der Waals surface area contributed by atoms with Crippen LogP contribution < -0.4 is 11.1 Å². The molecule has 0 bridgehead atoms. The molecule has 0 radical (unpaired) electrons. The van der Waals surface area contributed by atoms with Crippen LogP contribution in [0.15, 0.2) is 18.2 Å². The Labute approximate surface area is 102 Å². The lowest BCUT2D eigenvalue weighted by molar-refractivity contribution is 0.463. The molecule has 0 saturated heterocycles. The van der Waals surface area contributed by atoms with Crippen molar-refractivity contribution in [3.05, 3.63) is 28.8 Å². The van der Waals surface area contributed by atoms with Crippen molar-refractivity contribution >= 4 is 17.3 Å². The molecule has 0 spiro atoms. The van der Waals surface area contributed by atoms with E-state index in [1.165, 1.54) is 32.1 Å². The highest BCUT2D eigenvalue weighted by molar-refractivity contribution is 6.31. The monoisotopic (exact) mass is 238 g/mol. The zero-order valence-electron chi connectivity index (χ0n) is 9.51. The molecule has 0 atom stereocenters. The van der Waals surface area contributed by atoms with Gasteiger partial charge >= 0.3 is 0 Å². The van der Waals surface area contributed by atoms with Crippen molar-refractivity contribution in [2.24, 2.45) is 5.73 Å². The summed E-state index contributed by atoms with van der Waals surface area (Å²) in [6.07, 6.45) is 6.61. The fraction of sp³-hybridized carbons (Fsp3) is 0.538. The average molecular weight is 239 g/mol. The molecule has 3 N–H and O–H groups in total. The Morgan fingerprint density at radius 2 is 2.00 bits per heavy atom. The topological polar surface area (TPSA) is 38.0 Å². The van der Waals surface area contributed by atoms with Crippen molar-refractivity contribution < 1.29 is 0 Å². The standard InChI is InChI=1S/C13H19ClN2/c14-13-8-12(7-6-10(13)9-15)16-11-4-2-1-3-5-11/h6-8,11,16H,1-5,9,15H2. The number of anilines is 1. The van der Waals surface area contributed by atoms with Gasteiger partial charge in [-0.3, -0.25) is 0 Å². The molecule has 2 rings (SSSR count). The zero-order valence-corrected chi connectivity index (χ0v) is 10.3. The van der Waals surface area contributed by atoms with Crippen LogP contribution in [0.4, 0.5) is 5.69 Å². The smallest absolute Gasteiger partial charge is 0.0471 e. The Balaban J connectivity index is 2.01. The Morgan fingerprint density at radius 3 is 2.62 bits per heavy atom. The van der Waals surface area contributed by atoms with Crippen LogP contribution in [0.3, 0.4) is 0 Å². The summed E-state index contributed by atoms with van der Waals surface area (Å²) in [6.45, 7) is 0.503. The van der Waals surface area contributed by atoms with Gasteiger partial charge in [0.25, 0.3) is 0 Å². The minimum absolute atomic E-state index is 0.503. The van der Waals surface area contributed by atoms with Crippen LogP contribution in [-0.2, 0) is 6.54 Å². The van der Waals surface area contributed by atoms with Crippen LogP contribution in [0.5, 0.6) is 0 Å². The maximum absolute atomic E-state index is 6.13. The molecule has 3 heteroatoms. The van der Waals surface area contributed by atoms with E-state index in [0.29, 0.717) is 12.6 Å².